The molecule has 0 aliphatic carbocycles. The molecule has 0 aromatic heterocycles. The molecule has 23 heavy (non-hydrogen) atoms. The summed E-state index contributed by atoms with van der Waals surface area (Å²) in [6.45, 7) is 7.23. The minimum Gasteiger partial charge on any atom is -1.00 e. The van der Waals surface area contributed by atoms with Crippen LogP contribution in [0.25, 0.3) is 0 Å². The van der Waals surface area contributed by atoms with E-state index < -0.39 is 0 Å². The van der Waals surface area contributed by atoms with E-state index in [2.05, 4.69) is 13.2 Å². The number of phenolic OH excluding ortho intramolecular Hbond substituents is 2. The standard InChI is InChI=1S/2C9H10O.2ClH.Zr/c2*1-2-3-8-4-6-9(10)7-5-8;;;/h2*2,4-7,10H,1,3H2;2*1H;/q;;;;+2/p-2. The van der Waals surface area contributed by atoms with Crippen LogP contribution >= 0.6 is 0 Å². The van der Waals surface area contributed by atoms with Gasteiger partial charge in [-0.2, -0.15) is 0 Å². The summed E-state index contributed by atoms with van der Waals surface area (Å²) in [7, 11) is 0. The number of benzene rings is 2. The Hall–Kier alpha value is -1.02. The first-order chi connectivity index (χ1) is 9.65. The summed E-state index contributed by atoms with van der Waals surface area (Å²) in [5.74, 6) is 0.626. The van der Waals surface area contributed by atoms with Crippen molar-refractivity contribution in [1.82, 2.24) is 0 Å². The van der Waals surface area contributed by atoms with E-state index in [4.69, 9.17) is 10.2 Å². The Labute approximate surface area is 169 Å². The van der Waals surface area contributed by atoms with Crippen molar-refractivity contribution in [3.05, 3.63) is 85.0 Å². The third kappa shape index (κ3) is 12.1. The molecule has 2 N–H and O–H groups in total. The smallest absolute Gasteiger partial charge is 1.00 e. The molecule has 0 unspecified atom stereocenters. The van der Waals surface area contributed by atoms with E-state index >= 15 is 0 Å². The molecule has 0 saturated carbocycles. The van der Waals surface area contributed by atoms with Gasteiger partial charge in [0.15, 0.2) is 0 Å². The quantitative estimate of drug-likeness (QED) is 0.565. The van der Waals surface area contributed by atoms with Crippen molar-refractivity contribution in [3.63, 3.8) is 0 Å². The number of allylic oxidation sites excluding steroid dienone is 2. The fourth-order valence-electron chi connectivity index (χ4n) is 1.60. The molecule has 0 aliphatic heterocycles. The van der Waals surface area contributed by atoms with Crippen molar-refractivity contribution in [2.75, 3.05) is 0 Å². The second-order valence-electron chi connectivity index (χ2n) is 4.32. The Balaban J connectivity index is -0.000000308. The number of hydrogen-bond acceptors (Lipinski definition) is 2. The topological polar surface area (TPSA) is 40.5 Å². The van der Waals surface area contributed by atoms with Gasteiger partial charge in [-0.1, -0.05) is 36.4 Å². The Morgan fingerprint density at radius 2 is 0.913 bits per heavy atom. The first-order valence-electron chi connectivity index (χ1n) is 6.43. The maximum atomic E-state index is 8.90. The first-order valence-corrected chi connectivity index (χ1v) is 6.43. The normalized spacial score (nSPS) is 8.00. The van der Waals surface area contributed by atoms with Crippen LogP contribution in [0.4, 0.5) is 0 Å². The van der Waals surface area contributed by atoms with Gasteiger partial charge in [-0.25, -0.2) is 0 Å². The molecule has 0 radical (unpaired) electrons. The molecule has 0 spiro atoms. The second kappa shape index (κ2) is 15.9. The zero-order valence-corrected chi connectivity index (χ0v) is 16.7. The minimum atomic E-state index is 0. The van der Waals surface area contributed by atoms with Crippen LogP contribution in [0, 0.1) is 0 Å². The fourth-order valence-corrected chi connectivity index (χ4v) is 1.60. The van der Waals surface area contributed by atoms with Gasteiger partial charge in [-0.05, 0) is 48.2 Å². The summed E-state index contributed by atoms with van der Waals surface area (Å²) < 4.78 is 0. The monoisotopic (exact) mass is 428 g/mol. The van der Waals surface area contributed by atoms with Crippen molar-refractivity contribution in [1.29, 1.82) is 0 Å². The molecule has 122 valence electrons. The zero-order valence-electron chi connectivity index (χ0n) is 12.8. The van der Waals surface area contributed by atoms with Gasteiger partial charge in [0, 0.05) is 0 Å². The molecule has 0 aliphatic rings. The Morgan fingerprint density at radius 3 is 1.13 bits per heavy atom. The van der Waals surface area contributed by atoms with Crippen LogP contribution in [0.3, 0.4) is 0 Å². The van der Waals surface area contributed by atoms with Gasteiger partial charge in [0.1, 0.15) is 11.5 Å². The number of aromatic hydroxyl groups is 2. The van der Waals surface area contributed by atoms with Crippen molar-refractivity contribution in [3.8, 4) is 11.5 Å². The second-order valence-corrected chi connectivity index (χ2v) is 4.32. The van der Waals surface area contributed by atoms with Gasteiger partial charge in [0.2, 0.25) is 0 Å². The maximum Gasteiger partial charge on any atom is 2.00 e. The van der Waals surface area contributed by atoms with E-state index in [9.17, 15) is 0 Å². The fraction of sp³-hybridized carbons (Fsp3) is 0.111. The summed E-state index contributed by atoms with van der Waals surface area (Å²) in [6.07, 6.45) is 5.40. The van der Waals surface area contributed by atoms with Gasteiger partial charge < -0.3 is 35.0 Å². The van der Waals surface area contributed by atoms with Gasteiger partial charge in [-0.3, -0.25) is 0 Å². The summed E-state index contributed by atoms with van der Waals surface area (Å²) in [5.41, 5.74) is 2.35. The first kappa shape index (κ1) is 26.9. The number of rotatable bonds is 4. The number of phenols is 2. The summed E-state index contributed by atoms with van der Waals surface area (Å²) in [6, 6.07) is 14.3. The molecule has 2 rings (SSSR count). The van der Waals surface area contributed by atoms with Crippen LogP contribution in [0.5, 0.6) is 11.5 Å². The van der Waals surface area contributed by atoms with Crippen LogP contribution in [0.15, 0.2) is 73.8 Å². The molecule has 5 heteroatoms. The Morgan fingerprint density at radius 1 is 0.652 bits per heavy atom. The van der Waals surface area contributed by atoms with E-state index in [1.165, 1.54) is 11.1 Å². The maximum absolute atomic E-state index is 8.90. The molecule has 0 fully saturated rings. The van der Waals surface area contributed by atoms with Gasteiger partial charge in [0.05, 0.1) is 0 Å². The number of hydrogen-bond donors (Lipinski definition) is 2. The molecule has 2 aromatic rings. The molecule has 2 nitrogen and oxygen atoms in total. The van der Waals surface area contributed by atoms with Gasteiger partial charge in [-0.15, -0.1) is 13.2 Å². The van der Waals surface area contributed by atoms with E-state index in [-0.39, 0.29) is 51.0 Å². The summed E-state index contributed by atoms with van der Waals surface area (Å²) >= 11 is 0. The summed E-state index contributed by atoms with van der Waals surface area (Å²) in [5, 5.41) is 17.8. The van der Waals surface area contributed by atoms with E-state index in [1.54, 1.807) is 24.3 Å². The third-order valence-corrected chi connectivity index (χ3v) is 2.63. The average Bonchev–Trinajstić information content (AvgIpc) is 2.45. The molecule has 0 heterocycles. The SMILES string of the molecule is C=CCc1ccc(O)cc1.C=CCc1ccc(O)cc1.[Cl-].[Cl-].[Zr+2]. The predicted molar refractivity (Wildman–Crippen MR) is 84.0 cm³/mol. The van der Waals surface area contributed by atoms with E-state index in [0.29, 0.717) is 11.5 Å². The van der Waals surface area contributed by atoms with Crippen LogP contribution in [0.2, 0.25) is 0 Å². The largest absolute Gasteiger partial charge is 2.00 e. The zero-order chi connectivity index (χ0) is 14.8. The van der Waals surface area contributed by atoms with Crippen LogP contribution < -0.4 is 24.8 Å². The van der Waals surface area contributed by atoms with Crippen LogP contribution in [-0.4, -0.2) is 10.2 Å². The third-order valence-electron chi connectivity index (χ3n) is 2.63. The molecule has 0 atom stereocenters. The van der Waals surface area contributed by atoms with E-state index in [0.717, 1.165) is 12.8 Å². The Kier molecular flexibility index (Phi) is 18.5. The molecular formula is C18H20Cl2O2Zr. The van der Waals surface area contributed by atoms with Crippen LogP contribution in [-0.2, 0) is 39.0 Å². The molecular weight excluding hydrogens is 410 g/mol. The molecule has 0 bridgehead atoms. The Bertz CT molecular complexity index is 488. The molecule has 0 amide bonds. The van der Waals surface area contributed by atoms with Crippen molar-refractivity contribution >= 4 is 0 Å². The van der Waals surface area contributed by atoms with Crippen molar-refractivity contribution < 1.29 is 61.2 Å². The van der Waals surface area contributed by atoms with Crippen LogP contribution in [0.1, 0.15) is 11.1 Å². The average molecular weight is 430 g/mol. The van der Waals surface area contributed by atoms with Gasteiger partial charge in [0.25, 0.3) is 0 Å². The molecule has 0 saturated heterocycles. The predicted octanol–water partition coefficient (Wildman–Crippen LogP) is -1.75. The minimum absolute atomic E-state index is 0. The summed E-state index contributed by atoms with van der Waals surface area (Å²) in [4.78, 5) is 0. The van der Waals surface area contributed by atoms with Crippen molar-refractivity contribution in [2.45, 2.75) is 12.8 Å². The van der Waals surface area contributed by atoms with E-state index in [1.807, 2.05) is 36.4 Å². The molecule has 2 aromatic carbocycles. The van der Waals surface area contributed by atoms with Crippen molar-refractivity contribution in [2.24, 2.45) is 0 Å². The van der Waals surface area contributed by atoms with Gasteiger partial charge >= 0.3 is 26.2 Å². The number of halogens is 2.